The van der Waals surface area contributed by atoms with Gasteiger partial charge in [0.1, 0.15) is 11.8 Å². The number of hydrogen-bond donors (Lipinski definition) is 0. The Morgan fingerprint density at radius 2 is 2.05 bits per heavy atom. The highest BCUT2D eigenvalue weighted by Gasteiger charge is 2.16. The van der Waals surface area contributed by atoms with Gasteiger partial charge in [0.25, 0.3) is 0 Å². The molecule has 0 unspecified atom stereocenters. The molecule has 0 aliphatic heterocycles. The fourth-order valence-corrected chi connectivity index (χ4v) is 1.47. The van der Waals surface area contributed by atoms with E-state index in [1.165, 1.54) is 0 Å². The molecule has 19 heavy (non-hydrogen) atoms. The summed E-state index contributed by atoms with van der Waals surface area (Å²) in [6, 6.07) is 1.59. The van der Waals surface area contributed by atoms with Crippen molar-refractivity contribution >= 4 is 11.6 Å². The van der Waals surface area contributed by atoms with E-state index in [4.69, 9.17) is 25.8 Å². The van der Waals surface area contributed by atoms with Crippen LogP contribution in [0.1, 0.15) is 33.0 Å². The van der Waals surface area contributed by atoms with E-state index in [-0.39, 0.29) is 5.60 Å². The van der Waals surface area contributed by atoms with E-state index >= 15 is 0 Å². The summed E-state index contributed by atoms with van der Waals surface area (Å²) in [7, 11) is 1.68. The zero-order valence-corrected chi connectivity index (χ0v) is 12.7. The van der Waals surface area contributed by atoms with Gasteiger partial charge in [-0.15, -0.1) is 0 Å². The largest absolute Gasteiger partial charge is 0.477 e. The summed E-state index contributed by atoms with van der Waals surface area (Å²) in [4.78, 5) is 8.30. The summed E-state index contributed by atoms with van der Waals surface area (Å²) in [6.07, 6.45) is 0.756. The highest BCUT2D eigenvalue weighted by molar-refractivity contribution is 6.29. The third-order valence-electron chi connectivity index (χ3n) is 2.66. The first-order chi connectivity index (χ1) is 8.96. The highest BCUT2D eigenvalue weighted by Crippen LogP contribution is 2.17. The van der Waals surface area contributed by atoms with E-state index in [9.17, 15) is 0 Å². The topological polar surface area (TPSA) is 53.5 Å². The van der Waals surface area contributed by atoms with Crippen LogP contribution in [0.25, 0.3) is 0 Å². The van der Waals surface area contributed by atoms with E-state index in [0.717, 1.165) is 6.42 Å². The van der Waals surface area contributed by atoms with Crippen LogP contribution in [0.2, 0.25) is 5.15 Å². The van der Waals surface area contributed by atoms with Gasteiger partial charge in [-0.2, -0.15) is 4.98 Å². The first kappa shape index (κ1) is 16.1. The van der Waals surface area contributed by atoms with E-state index in [1.807, 2.05) is 20.8 Å². The van der Waals surface area contributed by atoms with Gasteiger partial charge in [0, 0.05) is 26.2 Å². The lowest BCUT2D eigenvalue weighted by atomic mass is 10.1. The van der Waals surface area contributed by atoms with Crippen LogP contribution < -0.4 is 4.74 Å². The fraction of sp³-hybridized carbons (Fsp3) is 0.692. The zero-order valence-electron chi connectivity index (χ0n) is 11.9. The Hall–Kier alpha value is -0.910. The maximum atomic E-state index is 5.91. The fourth-order valence-electron chi connectivity index (χ4n) is 1.28. The van der Waals surface area contributed by atoms with Gasteiger partial charge in [0.05, 0.1) is 12.2 Å². The average Bonchev–Trinajstić information content (AvgIpc) is 2.35. The average molecular weight is 289 g/mol. The summed E-state index contributed by atoms with van der Waals surface area (Å²) >= 11 is 5.91. The lowest BCUT2D eigenvalue weighted by Crippen LogP contribution is -2.25. The lowest BCUT2D eigenvalue weighted by Gasteiger charge is -2.22. The van der Waals surface area contributed by atoms with Gasteiger partial charge < -0.3 is 14.2 Å². The quantitative estimate of drug-likeness (QED) is 0.689. The minimum Gasteiger partial charge on any atom is -0.477 e. The molecular formula is C13H21ClN2O3. The van der Waals surface area contributed by atoms with Crippen LogP contribution in [-0.2, 0) is 16.1 Å². The molecule has 0 N–H and O–H groups in total. The highest BCUT2D eigenvalue weighted by atomic mass is 35.5. The van der Waals surface area contributed by atoms with Crippen molar-refractivity contribution in [3.63, 3.8) is 0 Å². The van der Waals surface area contributed by atoms with Crippen molar-refractivity contribution in [3.8, 4) is 5.88 Å². The van der Waals surface area contributed by atoms with Gasteiger partial charge in [0.2, 0.25) is 5.88 Å². The second kappa shape index (κ2) is 7.62. The Balaban J connectivity index is 2.55. The molecular weight excluding hydrogens is 268 g/mol. The second-order valence-corrected chi connectivity index (χ2v) is 5.03. The third kappa shape index (κ3) is 6.18. The van der Waals surface area contributed by atoms with Crippen LogP contribution in [0, 0.1) is 0 Å². The van der Waals surface area contributed by atoms with Gasteiger partial charge in [-0.3, -0.25) is 0 Å². The molecule has 1 aromatic rings. The van der Waals surface area contributed by atoms with Gasteiger partial charge in [0.15, 0.2) is 5.82 Å². The van der Waals surface area contributed by atoms with Gasteiger partial charge >= 0.3 is 0 Å². The predicted octanol–water partition coefficient (Wildman–Crippen LogP) is 2.86. The van der Waals surface area contributed by atoms with Crippen LogP contribution in [-0.4, -0.2) is 35.9 Å². The lowest BCUT2D eigenvalue weighted by molar-refractivity contribution is 0.00501. The summed E-state index contributed by atoms with van der Waals surface area (Å²) in [5.74, 6) is 0.983. The van der Waals surface area contributed by atoms with Crippen LogP contribution in [0.4, 0.5) is 0 Å². The third-order valence-corrected chi connectivity index (χ3v) is 2.85. The van der Waals surface area contributed by atoms with Gasteiger partial charge in [-0.1, -0.05) is 11.6 Å². The molecule has 0 aromatic carbocycles. The van der Waals surface area contributed by atoms with Crippen LogP contribution in [0.3, 0.4) is 0 Å². The molecule has 0 aliphatic carbocycles. The van der Waals surface area contributed by atoms with Crippen molar-refractivity contribution in [2.45, 2.75) is 39.4 Å². The molecule has 0 spiro atoms. The summed E-state index contributed by atoms with van der Waals surface area (Å²) in [6.45, 7) is 7.36. The number of rotatable bonds is 8. The molecule has 108 valence electrons. The van der Waals surface area contributed by atoms with Gasteiger partial charge in [-0.05, 0) is 20.8 Å². The molecule has 0 atom stereocenters. The number of nitrogens with zero attached hydrogens (tertiary/aromatic N) is 2. The van der Waals surface area contributed by atoms with Crippen molar-refractivity contribution in [1.82, 2.24) is 9.97 Å². The Kier molecular flexibility index (Phi) is 6.48. The number of aromatic nitrogens is 2. The molecule has 0 saturated carbocycles. The Labute approximate surface area is 119 Å². The molecule has 0 saturated heterocycles. The maximum absolute atomic E-state index is 5.91. The van der Waals surface area contributed by atoms with Crippen LogP contribution in [0.15, 0.2) is 6.07 Å². The summed E-state index contributed by atoms with van der Waals surface area (Å²) in [5, 5.41) is 0.353. The SMILES string of the molecule is CCOCc1nc(Cl)cc(OCCC(C)(C)OC)n1. The number of methoxy groups -OCH3 is 1. The van der Waals surface area contributed by atoms with Crippen LogP contribution in [0.5, 0.6) is 5.88 Å². The Morgan fingerprint density at radius 1 is 1.32 bits per heavy atom. The van der Waals surface area contributed by atoms with E-state index in [0.29, 0.717) is 36.7 Å². The maximum Gasteiger partial charge on any atom is 0.218 e. The molecule has 6 heteroatoms. The van der Waals surface area contributed by atoms with E-state index in [1.54, 1.807) is 13.2 Å². The molecule has 0 amide bonds. The minimum absolute atomic E-state index is 0.217. The monoisotopic (exact) mass is 288 g/mol. The normalized spacial score (nSPS) is 11.6. The summed E-state index contributed by atoms with van der Waals surface area (Å²) in [5.41, 5.74) is -0.217. The molecule has 1 heterocycles. The standard InChI is InChI=1S/C13H21ClN2O3/c1-5-18-9-11-15-10(14)8-12(16-11)19-7-6-13(2,3)17-4/h8H,5-7,9H2,1-4H3. The first-order valence-electron chi connectivity index (χ1n) is 6.26. The van der Waals surface area contributed by atoms with Gasteiger partial charge in [-0.25, -0.2) is 4.98 Å². The molecule has 1 aromatic heterocycles. The number of hydrogen-bond acceptors (Lipinski definition) is 5. The predicted molar refractivity (Wildman–Crippen MR) is 73.6 cm³/mol. The Morgan fingerprint density at radius 3 is 2.68 bits per heavy atom. The molecule has 5 nitrogen and oxygen atoms in total. The molecule has 0 fully saturated rings. The smallest absolute Gasteiger partial charge is 0.218 e. The molecule has 0 radical (unpaired) electrons. The first-order valence-corrected chi connectivity index (χ1v) is 6.64. The van der Waals surface area contributed by atoms with E-state index in [2.05, 4.69) is 9.97 Å². The number of halogens is 1. The Bertz CT molecular complexity index is 399. The zero-order chi connectivity index (χ0) is 14.3. The second-order valence-electron chi connectivity index (χ2n) is 4.64. The summed E-state index contributed by atoms with van der Waals surface area (Å²) < 4.78 is 16.1. The van der Waals surface area contributed by atoms with Crippen molar-refractivity contribution in [1.29, 1.82) is 0 Å². The van der Waals surface area contributed by atoms with E-state index < -0.39 is 0 Å². The number of ether oxygens (including phenoxy) is 3. The van der Waals surface area contributed by atoms with Crippen molar-refractivity contribution in [3.05, 3.63) is 17.0 Å². The van der Waals surface area contributed by atoms with Crippen molar-refractivity contribution < 1.29 is 14.2 Å². The molecule has 0 bridgehead atoms. The molecule has 1 rings (SSSR count). The molecule has 0 aliphatic rings. The van der Waals surface area contributed by atoms with Crippen LogP contribution >= 0.6 is 11.6 Å². The van der Waals surface area contributed by atoms with Crippen molar-refractivity contribution in [2.24, 2.45) is 0 Å². The van der Waals surface area contributed by atoms with Crippen molar-refractivity contribution in [2.75, 3.05) is 20.3 Å². The minimum atomic E-state index is -0.217.